The van der Waals surface area contributed by atoms with Crippen molar-refractivity contribution in [3.05, 3.63) is 0 Å². The number of carbonyl (C=O) groups is 4. The molecular weight excluding hydrogens is 320 g/mol. The van der Waals surface area contributed by atoms with Gasteiger partial charge < -0.3 is 24.4 Å². The minimum atomic E-state index is -1.92. The van der Waals surface area contributed by atoms with E-state index in [4.69, 9.17) is 14.2 Å². The molecule has 9 nitrogen and oxygen atoms in total. The summed E-state index contributed by atoms with van der Waals surface area (Å²) >= 11 is 0. The molecule has 1 heterocycles. The molecule has 1 N–H and O–H groups in total. The lowest BCUT2D eigenvalue weighted by Crippen LogP contribution is -2.61. The van der Waals surface area contributed by atoms with Crippen molar-refractivity contribution >= 4 is 23.9 Å². The molecule has 136 valence electrons. The van der Waals surface area contributed by atoms with Gasteiger partial charge in [-0.3, -0.25) is 4.79 Å². The Bertz CT molecular complexity index is 474. The molecule has 2 amide bonds. The second-order valence-electron chi connectivity index (χ2n) is 5.23. The van der Waals surface area contributed by atoms with E-state index in [1.165, 1.54) is 11.8 Å². The molecule has 1 fully saturated rings. The van der Waals surface area contributed by atoms with Crippen molar-refractivity contribution in [1.82, 2.24) is 10.2 Å². The maximum Gasteiger partial charge on any atom is 0.409 e. The summed E-state index contributed by atoms with van der Waals surface area (Å²) in [5.74, 6) is -2.30. The van der Waals surface area contributed by atoms with Crippen LogP contribution in [0.4, 0.5) is 4.79 Å². The van der Waals surface area contributed by atoms with E-state index in [0.29, 0.717) is 19.7 Å². The van der Waals surface area contributed by atoms with Crippen molar-refractivity contribution in [2.75, 3.05) is 32.9 Å². The number of cyclic esters (lactones) is 1. The lowest BCUT2D eigenvalue weighted by atomic mass is 9.92. The van der Waals surface area contributed by atoms with Gasteiger partial charge in [0.1, 0.15) is 6.61 Å². The van der Waals surface area contributed by atoms with E-state index in [-0.39, 0.29) is 26.1 Å². The van der Waals surface area contributed by atoms with Crippen LogP contribution in [0.2, 0.25) is 0 Å². The van der Waals surface area contributed by atoms with E-state index in [1.807, 2.05) is 0 Å². The van der Waals surface area contributed by atoms with E-state index in [2.05, 4.69) is 5.32 Å². The van der Waals surface area contributed by atoms with Crippen LogP contribution >= 0.6 is 0 Å². The van der Waals surface area contributed by atoms with E-state index in [9.17, 15) is 19.2 Å². The lowest BCUT2D eigenvalue weighted by Gasteiger charge is -2.30. The Kier molecular flexibility index (Phi) is 7.47. The zero-order valence-electron chi connectivity index (χ0n) is 14.3. The number of nitrogens with zero attached hydrogens (tertiary/aromatic N) is 1. The Morgan fingerprint density at radius 3 is 2.21 bits per heavy atom. The number of hydrogen-bond acceptors (Lipinski definition) is 7. The predicted molar refractivity (Wildman–Crippen MR) is 82.0 cm³/mol. The van der Waals surface area contributed by atoms with Crippen LogP contribution in [0.1, 0.15) is 33.6 Å². The lowest BCUT2D eigenvalue weighted by molar-refractivity contribution is -0.168. The standard InChI is InChI=1S/C15H24N2O7/c1-4-22-12(19)15(16-11(3)18,13(20)23-5-2)7-6-8-17-9-10-24-14(17)21/h4-10H2,1-3H3,(H,16,18). The fraction of sp³-hybridized carbons (Fsp3) is 0.733. The minimum Gasteiger partial charge on any atom is -0.464 e. The molecule has 0 aromatic rings. The number of amides is 2. The normalized spacial score (nSPS) is 14.1. The maximum absolute atomic E-state index is 12.4. The van der Waals surface area contributed by atoms with Gasteiger partial charge in [-0.25, -0.2) is 14.4 Å². The van der Waals surface area contributed by atoms with Crippen LogP contribution in [0.15, 0.2) is 0 Å². The highest BCUT2D eigenvalue weighted by Crippen LogP contribution is 2.20. The van der Waals surface area contributed by atoms with Crippen LogP contribution in [0.5, 0.6) is 0 Å². The summed E-state index contributed by atoms with van der Waals surface area (Å²) in [6.45, 7) is 5.56. The summed E-state index contributed by atoms with van der Waals surface area (Å²) in [7, 11) is 0. The first-order valence-corrected chi connectivity index (χ1v) is 7.92. The number of hydrogen-bond donors (Lipinski definition) is 1. The van der Waals surface area contributed by atoms with Crippen LogP contribution in [-0.2, 0) is 28.6 Å². The van der Waals surface area contributed by atoms with Crippen molar-refractivity contribution in [3.63, 3.8) is 0 Å². The summed E-state index contributed by atoms with van der Waals surface area (Å²) in [6.07, 6.45) is -0.200. The van der Waals surface area contributed by atoms with Crippen LogP contribution < -0.4 is 5.32 Å². The van der Waals surface area contributed by atoms with Gasteiger partial charge in [-0.2, -0.15) is 0 Å². The van der Waals surface area contributed by atoms with Crippen molar-refractivity contribution in [2.45, 2.75) is 39.2 Å². The smallest absolute Gasteiger partial charge is 0.409 e. The SMILES string of the molecule is CCOC(=O)C(CCCN1CCOC1=O)(NC(C)=O)C(=O)OCC. The van der Waals surface area contributed by atoms with Gasteiger partial charge in [0, 0.05) is 13.5 Å². The molecule has 0 aliphatic carbocycles. The van der Waals surface area contributed by atoms with Gasteiger partial charge in [0.15, 0.2) is 0 Å². The summed E-state index contributed by atoms with van der Waals surface area (Å²) in [5.41, 5.74) is -1.92. The third-order valence-corrected chi connectivity index (χ3v) is 3.46. The fourth-order valence-corrected chi connectivity index (χ4v) is 2.43. The number of nitrogens with one attached hydrogen (secondary N) is 1. The first-order chi connectivity index (χ1) is 11.4. The van der Waals surface area contributed by atoms with Crippen molar-refractivity contribution in [2.24, 2.45) is 0 Å². The molecular formula is C15H24N2O7. The summed E-state index contributed by atoms with van der Waals surface area (Å²) in [4.78, 5) is 49.2. The van der Waals surface area contributed by atoms with E-state index < -0.39 is 29.5 Å². The molecule has 1 rings (SSSR count). The molecule has 0 atom stereocenters. The van der Waals surface area contributed by atoms with Crippen LogP contribution in [0.25, 0.3) is 0 Å². The van der Waals surface area contributed by atoms with Crippen LogP contribution in [0, 0.1) is 0 Å². The van der Waals surface area contributed by atoms with Gasteiger partial charge in [-0.15, -0.1) is 0 Å². The molecule has 0 spiro atoms. The largest absolute Gasteiger partial charge is 0.464 e. The van der Waals surface area contributed by atoms with E-state index in [0.717, 1.165) is 0 Å². The molecule has 0 aromatic carbocycles. The minimum absolute atomic E-state index is 0.0476. The first kappa shape index (κ1) is 19.7. The maximum atomic E-state index is 12.4. The highest BCUT2D eigenvalue weighted by atomic mass is 16.6. The zero-order valence-corrected chi connectivity index (χ0v) is 14.3. The van der Waals surface area contributed by atoms with Crippen LogP contribution in [-0.4, -0.2) is 67.3 Å². The molecule has 0 unspecified atom stereocenters. The van der Waals surface area contributed by atoms with Gasteiger partial charge in [-0.05, 0) is 26.7 Å². The number of carbonyl (C=O) groups excluding carboxylic acids is 4. The molecule has 1 aliphatic rings. The number of ether oxygens (including phenoxy) is 3. The van der Waals surface area contributed by atoms with Gasteiger partial charge in [0.2, 0.25) is 11.4 Å². The molecule has 0 radical (unpaired) electrons. The second-order valence-corrected chi connectivity index (χ2v) is 5.23. The Hall–Kier alpha value is -2.32. The van der Waals surface area contributed by atoms with Gasteiger partial charge in [0.05, 0.1) is 19.8 Å². The highest BCUT2D eigenvalue weighted by molar-refractivity contribution is 6.07. The number of rotatable bonds is 9. The average Bonchev–Trinajstić information content (AvgIpc) is 2.91. The average molecular weight is 344 g/mol. The summed E-state index contributed by atoms with van der Waals surface area (Å²) < 4.78 is 14.7. The number of esters is 2. The Balaban J connectivity index is 2.90. The molecule has 0 aromatic heterocycles. The first-order valence-electron chi connectivity index (χ1n) is 7.92. The van der Waals surface area contributed by atoms with Gasteiger partial charge >= 0.3 is 18.0 Å². The van der Waals surface area contributed by atoms with Crippen molar-refractivity contribution in [1.29, 1.82) is 0 Å². The fourth-order valence-electron chi connectivity index (χ4n) is 2.43. The molecule has 24 heavy (non-hydrogen) atoms. The molecule has 0 saturated carbocycles. The topological polar surface area (TPSA) is 111 Å². The molecule has 0 bridgehead atoms. The quantitative estimate of drug-likeness (QED) is 0.362. The molecule has 9 heteroatoms. The van der Waals surface area contributed by atoms with E-state index in [1.54, 1.807) is 13.8 Å². The predicted octanol–water partition coefficient (Wildman–Crippen LogP) is 0.220. The highest BCUT2D eigenvalue weighted by Gasteiger charge is 2.49. The van der Waals surface area contributed by atoms with Crippen molar-refractivity contribution in [3.8, 4) is 0 Å². The molecule has 1 aliphatic heterocycles. The molecule has 1 saturated heterocycles. The van der Waals surface area contributed by atoms with Gasteiger partial charge in [0.25, 0.3) is 0 Å². The third-order valence-electron chi connectivity index (χ3n) is 3.46. The Morgan fingerprint density at radius 2 is 1.79 bits per heavy atom. The second kappa shape index (κ2) is 9.09. The van der Waals surface area contributed by atoms with Crippen LogP contribution in [0.3, 0.4) is 0 Å². The van der Waals surface area contributed by atoms with Crippen molar-refractivity contribution < 1.29 is 33.4 Å². The Morgan fingerprint density at radius 1 is 1.21 bits per heavy atom. The Labute approximate surface area is 140 Å². The monoisotopic (exact) mass is 344 g/mol. The third kappa shape index (κ3) is 4.84. The van der Waals surface area contributed by atoms with E-state index >= 15 is 0 Å². The summed E-state index contributed by atoms with van der Waals surface area (Å²) in [5, 5.41) is 2.38. The summed E-state index contributed by atoms with van der Waals surface area (Å²) in [6, 6.07) is 0. The van der Waals surface area contributed by atoms with Gasteiger partial charge in [-0.1, -0.05) is 0 Å². The zero-order chi connectivity index (χ0) is 18.2.